The minimum atomic E-state index is -0.383. The third-order valence-electron chi connectivity index (χ3n) is 4.64. The van der Waals surface area contributed by atoms with Crippen molar-refractivity contribution < 1.29 is 9.31 Å². The fraction of sp³-hybridized carbons (Fsp3) is 0.333. The van der Waals surface area contributed by atoms with Gasteiger partial charge in [-0.05, 0) is 50.0 Å². The molecule has 2 aromatic rings. The lowest BCUT2D eigenvalue weighted by molar-refractivity contribution is 0.00578. The number of rotatable bonds is 1. The fourth-order valence-electron chi connectivity index (χ4n) is 2.71. The van der Waals surface area contributed by atoms with Crippen LogP contribution in [-0.2, 0) is 9.31 Å². The molecule has 3 rings (SSSR count). The van der Waals surface area contributed by atoms with Crippen molar-refractivity contribution in [2.45, 2.75) is 38.9 Å². The predicted octanol–water partition coefficient (Wildman–Crippen LogP) is 2.62. The van der Waals surface area contributed by atoms with Gasteiger partial charge in [0.25, 0.3) is 0 Å². The highest BCUT2D eigenvalue weighted by molar-refractivity contribution is 6.65. The monoisotopic (exact) mass is 305 g/mol. The molecule has 0 atom stereocenters. The number of fused-ring (bicyclic) bond motifs is 1. The molecule has 0 unspecified atom stereocenters. The van der Waals surface area contributed by atoms with Gasteiger partial charge in [-0.15, -0.1) is 5.54 Å². The molecule has 1 aliphatic rings. The summed E-state index contributed by atoms with van der Waals surface area (Å²) in [5, 5.41) is 2.23. The van der Waals surface area contributed by atoms with Gasteiger partial charge in [0.15, 0.2) is 0 Å². The molecule has 2 nitrogen and oxygen atoms in total. The zero-order valence-electron chi connectivity index (χ0n) is 13.4. The molecule has 0 saturated carbocycles. The van der Waals surface area contributed by atoms with Crippen LogP contribution in [0.3, 0.4) is 0 Å². The standard InChI is InChI=1S/C18H18BO2Si/c1-17(2)18(3,4)21-19(20-17)15-10-6-9-13-7-5-8-14(11-12-22)16(13)15/h5-10H,1-4H3. The van der Waals surface area contributed by atoms with Crippen LogP contribution in [-0.4, -0.2) is 28.6 Å². The van der Waals surface area contributed by atoms with Crippen molar-refractivity contribution in [1.82, 2.24) is 0 Å². The lowest BCUT2D eigenvalue weighted by Crippen LogP contribution is -2.41. The summed E-state index contributed by atoms with van der Waals surface area (Å²) < 4.78 is 12.4. The van der Waals surface area contributed by atoms with Gasteiger partial charge in [0, 0.05) is 5.56 Å². The SMILES string of the molecule is CC1(C)OB(c2cccc3cccc(C#C[Si])c23)OC1(C)C. The lowest BCUT2D eigenvalue weighted by atomic mass is 9.75. The molecule has 2 aromatic carbocycles. The van der Waals surface area contributed by atoms with E-state index in [0.717, 1.165) is 21.8 Å². The summed E-state index contributed by atoms with van der Waals surface area (Å²) in [5.74, 6) is 3.11. The van der Waals surface area contributed by atoms with Gasteiger partial charge in [-0.2, -0.15) is 0 Å². The lowest BCUT2D eigenvalue weighted by Gasteiger charge is -2.32. The van der Waals surface area contributed by atoms with Crippen molar-refractivity contribution in [1.29, 1.82) is 0 Å². The fourth-order valence-corrected chi connectivity index (χ4v) is 2.84. The molecule has 1 fully saturated rings. The van der Waals surface area contributed by atoms with Crippen LogP contribution in [0.1, 0.15) is 33.3 Å². The van der Waals surface area contributed by atoms with E-state index in [2.05, 4.69) is 67.6 Å². The van der Waals surface area contributed by atoms with Crippen LogP contribution in [0.4, 0.5) is 0 Å². The summed E-state index contributed by atoms with van der Waals surface area (Å²) in [6, 6.07) is 12.3. The molecule has 4 heteroatoms. The molecule has 22 heavy (non-hydrogen) atoms. The normalized spacial score (nSPS) is 19.0. The third kappa shape index (κ3) is 2.40. The first-order valence-electron chi connectivity index (χ1n) is 7.41. The molecule has 1 heterocycles. The summed E-state index contributed by atoms with van der Waals surface area (Å²) in [5.41, 5.74) is 4.10. The van der Waals surface area contributed by atoms with Gasteiger partial charge in [-0.3, -0.25) is 0 Å². The second kappa shape index (κ2) is 5.27. The van der Waals surface area contributed by atoms with Crippen molar-refractivity contribution >= 4 is 33.6 Å². The maximum absolute atomic E-state index is 6.21. The van der Waals surface area contributed by atoms with Crippen LogP contribution in [0.15, 0.2) is 36.4 Å². The second-order valence-corrected chi connectivity index (χ2v) is 6.84. The van der Waals surface area contributed by atoms with Gasteiger partial charge < -0.3 is 9.31 Å². The van der Waals surface area contributed by atoms with E-state index in [-0.39, 0.29) is 18.3 Å². The van der Waals surface area contributed by atoms with E-state index in [4.69, 9.17) is 9.31 Å². The van der Waals surface area contributed by atoms with Crippen LogP contribution in [0.5, 0.6) is 0 Å². The van der Waals surface area contributed by atoms with E-state index < -0.39 is 0 Å². The van der Waals surface area contributed by atoms with Crippen LogP contribution >= 0.6 is 0 Å². The first-order valence-corrected chi connectivity index (χ1v) is 7.91. The Kier molecular flexibility index (Phi) is 3.68. The van der Waals surface area contributed by atoms with Crippen molar-refractivity contribution in [3.63, 3.8) is 0 Å². The Hall–Kier alpha value is -1.54. The molecule has 0 amide bonds. The zero-order chi connectivity index (χ0) is 16.0. The van der Waals surface area contributed by atoms with Crippen LogP contribution in [0.2, 0.25) is 0 Å². The van der Waals surface area contributed by atoms with Gasteiger partial charge in [0.2, 0.25) is 0 Å². The highest BCUT2D eigenvalue weighted by Gasteiger charge is 2.52. The summed E-state index contributed by atoms with van der Waals surface area (Å²) in [4.78, 5) is 0. The third-order valence-corrected chi connectivity index (χ3v) is 4.77. The average molecular weight is 305 g/mol. The van der Waals surface area contributed by atoms with Crippen molar-refractivity contribution in [3.8, 4) is 11.5 Å². The molecule has 0 bridgehead atoms. The smallest absolute Gasteiger partial charge is 0.399 e. The second-order valence-electron chi connectivity index (χ2n) is 6.59. The first-order chi connectivity index (χ1) is 10.4. The highest BCUT2D eigenvalue weighted by Crippen LogP contribution is 2.37. The minimum Gasteiger partial charge on any atom is -0.399 e. The van der Waals surface area contributed by atoms with Crippen molar-refractivity contribution in [2.24, 2.45) is 0 Å². The Balaban J connectivity index is 2.18. The van der Waals surface area contributed by atoms with E-state index in [1.165, 1.54) is 0 Å². The predicted molar refractivity (Wildman–Crippen MR) is 92.3 cm³/mol. The van der Waals surface area contributed by atoms with Crippen LogP contribution in [0.25, 0.3) is 10.8 Å². The largest absolute Gasteiger partial charge is 0.495 e. The Bertz CT molecular complexity index is 765. The van der Waals surface area contributed by atoms with E-state index in [1.54, 1.807) is 0 Å². The average Bonchev–Trinajstić information content (AvgIpc) is 2.67. The Morgan fingerprint density at radius 1 is 0.955 bits per heavy atom. The molecule has 3 radical (unpaired) electrons. The first kappa shape index (κ1) is 15.4. The molecule has 1 saturated heterocycles. The van der Waals surface area contributed by atoms with Crippen molar-refractivity contribution in [3.05, 3.63) is 42.0 Å². The maximum atomic E-state index is 6.21. The quantitative estimate of drug-likeness (QED) is 0.596. The van der Waals surface area contributed by atoms with E-state index in [9.17, 15) is 0 Å². The minimum absolute atomic E-state index is 0.352. The van der Waals surface area contributed by atoms with Crippen molar-refractivity contribution in [2.75, 3.05) is 0 Å². The van der Waals surface area contributed by atoms with Gasteiger partial charge in [0.05, 0.1) is 11.2 Å². The zero-order valence-corrected chi connectivity index (χ0v) is 14.4. The molecular formula is C18H18BO2Si. The van der Waals surface area contributed by atoms with Crippen LogP contribution in [0, 0.1) is 11.5 Å². The molecule has 1 aliphatic heterocycles. The number of hydrogen-bond donors (Lipinski definition) is 0. The Labute approximate surface area is 135 Å². The molecule has 0 N–H and O–H groups in total. The molecular weight excluding hydrogens is 287 g/mol. The highest BCUT2D eigenvalue weighted by atomic mass is 28.1. The van der Waals surface area contributed by atoms with Gasteiger partial charge in [-0.25, -0.2) is 0 Å². The van der Waals surface area contributed by atoms with E-state index in [0.29, 0.717) is 0 Å². The maximum Gasteiger partial charge on any atom is 0.495 e. The summed E-state index contributed by atoms with van der Waals surface area (Å²) in [6.07, 6.45) is 0. The summed E-state index contributed by atoms with van der Waals surface area (Å²) in [7, 11) is 2.86. The molecule has 0 aliphatic carbocycles. The Morgan fingerprint density at radius 3 is 2.14 bits per heavy atom. The van der Waals surface area contributed by atoms with Gasteiger partial charge in [-0.1, -0.05) is 36.3 Å². The van der Waals surface area contributed by atoms with Gasteiger partial charge >= 0.3 is 7.12 Å². The molecule has 109 valence electrons. The van der Waals surface area contributed by atoms with Crippen LogP contribution < -0.4 is 5.46 Å². The summed E-state index contributed by atoms with van der Waals surface area (Å²) in [6.45, 7) is 8.27. The van der Waals surface area contributed by atoms with E-state index in [1.807, 2.05) is 18.2 Å². The topological polar surface area (TPSA) is 18.5 Å². The number of hydrogen-bond acceptors (Lipinski definition) is 2. The van der Waals surface area contributed by atoms with E-state index >= 15 is 0 Å². The molecule has 0 spiro atoms. The summed E-state index contributed by atoms with van der Waals surface area (Å²) >= 11 is 0. The number of benzene rings is 2. The van der Waals surface area contributed by atoms with Gasteiger partial charge in [0.1, 0.15) is 10.2 Å². The Morgan fingerprint density at radius 2 is 1.55 bits per heavy atom. The molecule has 0 aromatic heterocycles.